The van der Waals surface area contributed by atoms with E-state index >= 15 is 0 Å². The third-order valence-electron chi connectivity index (χ3n) is 3.11. The molecule has 0 saturated heterocycles. The van der Waals surface area contributed by atoms with Gasteiger partial charge in [0.2, 0.25) is 0 Å². The smallest absolute Gasteiger partial charge is 0.255 e. The zero-order valence-electron chi connectivity index (χ0n) is 10.6. The van der Waals surface area contributed by atoms with Crippen molar-refractivity contribution in [2.45, 2.75) is 6.10 Å². The van der Waals surface area contributed by atoms with Crippen LogP contribution in [0.1, 0.15) is 22.0 Å². The van der Waals surface area contributed by atoms with Crippen LogP contribution in [0.3, 0.4) is 0 Å². The Morgan fingerprint density at radius 3 is 3.00 bits per heavy atom. The molecule has 1 atom stereocenters. The van der Waals surface area contributed by atoms with Crippen molar-refractivity contribution in [2.24, 2.45) is 0 Å². The highest BCUT2D eigenvalue weighted by atomic mass is 32.1. The first-order valence-corrected chi connectivity index (χ1v) is 7.14. The second-order valence-corrected chi connectivity index (χ2v) is 5.21. The van der Waals surface area contributed by atoms with Gasteiger partial charge in [-0.05, 0) is 28.5 Å². The lowest BCUT2D eigenvalue weighted by atomic mass is 10.1. The molecular weight excluding hydrogens is 274 g/mol. The van der Waals surface area contributed by atoms with Gasteiger partial charge in [-0.3, -0.25) is 4.79 Å². The summed E-state index contributed by atoms with van der Waals surface area (Å²) in [5.74, 6) is -0.246. The second kappa shape index (κ2) is 5.48. The van der Waals surface area contributed by atoms with Crippen LogP contribution in [-0.4, -0.2) is 17.6 Å². The zero-order chi connectivity index (χ0) is 13.9. The third kappa shape index (κ3) is 2.45. The van der Waals surface area contributed by atoms with Gasteiger partial charge in [0.15, 0.2) is 0 Å². The predicted molar refractivity (Wildman–Crippen MR) is 77.8 cm³/mol. The van der Waals surface area contributed by atoms with Crippen molar-refractivity contribution in [1.29, 1.82) is 0 Å². The van der Waals surface area contributed by atoms with Crippen LogP contribution in [0.2, 0.25) is 0 Å². The highest BCUT2D eigenvalue weighted by molar-refractivity contribution is 7.07. The van der Waals surface area contributed by atoms with Gasteiger partial charge in [-0.2, -0.15) is 11.3 Å². The van der Waals surface area contributed by atoms with E-state index in [9.17, 15) is 9.90 Å². The van der Waals surface area contributed by atoms with E-state index in [1.807, 2.05) is 41.1 Å². The number of carbonyl (C=O) groups excluding carboxylic acids is 1. The van der Waals surface area contributed by atoms with E-state index in [1.165, 1.54) is 17.6 Å². The van der Waals surface area contributed by atoms with Gasteiger partial charge in [0.25, 0.3) is 5.91 Å². The molecule has 4 nitrogen and oxygen atoms in total. The number of amides is 1. The lowest BCUT2D eigenvalue weighted by Crippen LogP contribution is -2.28. The number of carbonyl (C=O) groups is 1. The van der Waals surface area contributed by atoms with E-state index in [2.05, 4.69) is 5.32 Å². The van der Waals surface area contributed by atoms with E-state index in [1.54, 1.807) is 0 Å². The molecule has 102 valence electrons. The van der Waals surface area contributed by atoms with Crippen molar-refractivity contribution >= 4 is 28.2 Å². The van der Waals surface area contributed by atoms with E-state index in [4.69, 9.17) is 4.42 Å². The van der Waals surface area contributed by atoms with Gasteiger partial charge in [0.1, 0.15) is 11.8 Å². The van der Waals surface area contributed by atoms with Crippen LogP contribution in [0.15, 0.2) is 51.8 Å². The molecule has 0 fully saturated rings. The lowest BCUT2D eigenvalue weighted by Gasteiger charge is -2.09. The molecule has 5 heteroatoms. The maximum atomic E-state index is 12.1. The summed E-state index contributed by atoms with van der Waals surface area (Å²) in [7, 11) is 0. The Hall–Kier alpha value is -2.11. The first kappa shape index (κ1) is 12.9. The van der Waals surface area contributed by atoms with Crippen molar-refractivity contribution in [3.8, 4) is 0 Å². The Bertz CT molecular complexity index is 718. The molecule has 0 aliphatic heterocycles. The number of rotatable bonds is 4. The molecule has 3 rings (SSSR count). The van der Waals surface area contributed by atoms with Crippen molar-refractivity contribution in [2.75, 3.05) is 6.54 Å². The summed E-state index contributed by atoms with van der Waals surface area (Å²) in [5, 5.41) is 17.2. The molecule has 2 heterocycles. The number of hydrogen-bond donors (Lipinski definition) is 2. The molecule has 0 aliphatic rings. The average molecular weight is 287 g/mol. The first-order valence-electron chi connectivity index (χ1n) is 6.20. The molecule has 1 unspecified atom stereocenters. The number of thiophene rings is 1. The van der Waals surface area contributed by atoms with E-state index in [0.717, 1.165) is 10.9 Å². The summed E-state index contributed by atoms with van der Waals surface area (Å²) in [6, 6.07) is 9.20. The number of benzene rings is 1. The van der Waals surface area contributed by atoms with Gasteiger partial charge < -0.3 is 14.8 Å². The standard InChI is InChI=1S/C15H13NO3S/c17-13(10-5-6-20-9-10)7-16-15(18)12-8-19-14-4-2-1-3-11(12)14/h1-6,8-9,13,17H,7H2,(H,16,18). The average Bonchev–Trinajstić information content (AvgIpc) is 3.13. The minimum Gasteiger partial charge on any atom is -0.463 e. The molecule has 0 saturated carbocycles. The number of fused-ring (bicyclic) bond motifs is 1. The van der Waals surface area contributed by atoms with Crippen molar-refractivity contribution < 1.29 is 14.3 Å². The summed E-state index contributed by atoms with van der Waals surface area (Å²) in [5.41, 5.74) is 1.97. The maximum absolute atomic E-state index is 12.1. The van der Waals surface area contributed by atoms with Crippen LogP contribution in [0, 0.1) is 0 Å². The van der Waals surface area contributed by atoms with E-state index in [0.29, 0.717) is 11.1 Å². The molecule has 1 amide bonds. The van der Waals surface area contributed by atoms with Gasteiger partial charge in [-0.15, -0.1) is 0 Å². The maximum Gasteiger partial charge on any atom is 0.255 e. The van der Waals surface area contributed by atoms with Crippen LogP contribution >= 0.6 is 11.3 Å². The molecular formula is C15H13NO3S. The lowest BCUT2D eigenvalue weighted by molar-refractivity contribution is 0.0917. The molecule has 0 aliphatic carbocycles. The first-order chi connectivity index (χ1) is 9.75. The van der Waals surface area contributed by atoms with Gasteiger partial charge in [0, 0.05) is 11.9 Å². The quantitative estimate of drug-likeness (QED) is 0.775. The Morgan fingerprint density at radius 2 is 2.20 bits per heavy atom. The third-order valence-corrected chi connectivity index (χ3v) is 3.81. The monoisotopic (exact) mass is 287 g/mol. The Kier molecular flexibility index (Phi) is 3.54. The van der Waals surface area contributed by atoms with Crippen LogP contribution in [-0.2, 0) is 0 Å². The molecule has 3 aromatic rings. The summed E-state index contributed by atoms with van der Waals surface area (Å²) in [4.78, 5) is 12.1. The SMILES string of the molecule is O=C(NCC(O)c1ccsc1)c1coc2ccccc12. The number of aliphatic hydroxyl groups is 1. The predicted octanol–water partition coefficient (Wildman–Crippen LogP) is 2.96. The molecule has 0 bridgehead atoms. The van der Waals surface area contributed by atoms with E-state index in [-0.39, 0.29) is 12.5 Å². The topological polar surface area (TPSA) is 62.5 Å². The molecule has 0 radical (unpaired) electrons. The second-order valence-electron chi connectivity index (χ2n) is 4.43. The molecule has 2 N–H and O–H groups in total. The molecule has 2 aromatic heterocycles. The fraction of sp³-hybridized carbons (Fsp3) is 0.133. The van der Waals surface area contributed by atoms with Gasteiger partial charge in [0.05, 0.1) is 11.7 Å². The number of nitrogens with one attached hydrogen (secondary N) is 1. The highest BCUT2D eigenvalue weighted by Crippen LogP contribution is 2.21. The Balaban J connectivity index is 1.70. The minimum atomic E-state index is -0.691. The number of hydrogen-bond acceptors (Lipinski definition) is 4. The fourth-order valence-corrected chi connectivity index (χ4v) is 2.73. The highest BCUT2D eigenvalue weighted by Gasteiger charge is 2.15. The van der Waals surface area contributed by atoms with Crippen molar-refractivity contribution in [3.05, 3.63) is 58.5 Å². The largest absolute Gasteiger partial charge is 0.463 e. The fourth-order valence-electron chi connectivity index (χ4n) is 2.02. The van der Waals surface area contributed by atoms with Crippen LogP contribution in [0.25, 0.3) is 11.0 Å². The van der Waals surface area contributed by atoms with E-state index < -0.39 is 6.10 Å². The summed E-state index contributed by atoms with van der Waals surface area (Å²) < 4.78 is 5.33. The normalized spacial score (nSPS) is 12.4. The Morgan fingerprint density at radius 1 is 1.35 bits per heavy atom. The van der Waals surface area contributed by atoms with Crippen LogP contribution in [0.4, 0.5) is 0 Å². The van der Waals surface area contributed by atoms with Crippen LogP contribution in [0.5, 0.6) is 0 Å². The van der Waals surface area contributed by atoms with Crippen molar-refractivity contribution in [1.82, 2.24) is 5.32 Å². The molecule has 20 heavy (non-hydrogen) atoms. The molecule has 0 spiro atoms. The number of aliphatic hydroxyl groups excluding tert-OH is 1. The summed E-state index contributed by atoms with van der Waals surface area (Å²) in [6.45, 7) is 0.176. The zero-order valence-corrected chi connectivity index (χ0v) is 11.4. The van der Waals surface area contributed by atoms with Gasteiger partial charge in [-0.1, -0.05) is 18.2 Å². The summed E-state index contributed by atoms with van der Waals surface area (Å²) in [6.07, 6.45) is 0.750. The molecule has 1 aromatic carbocycles. The van der Waals surface area contributed by atoms with Crippen LogP contribution < -0.4 is 5.32 Å². The van der Waals surface area contributed by atoms with Gasteiger partial charge in [-0.25, -0.2) is 0 Å². The van der Waals surface area contributed by atoms with Crippen molar-refractivity contribution in [3.63, 3.8) is 0 Å². The van der Waals surface area contributed by atoms with Gasteiger partial charge >= 0.3 is 0 Å². The summed E-state index contributed by atoms with van der Waals surface area (Å²) >= 11 is 1.51. The number of furan rings is 1. The number of para-hydroxylation sites is 1. The Labute approximate surface area is 119 Å². The minimum absolute atomic E-state index is 0.176.